The predicted octanol–water partition coefficient (Wildman–Crippen LogP) is 1.36. The number of hydrogen-bond acceptors (Lipinski definition) is 4. The molecule has 1 N–H and O–H groups in total. The van der Waals surface area contributed by atoms with Gasteiger partial charge in [-0.25, -0.2) is 0 Å². The highest BCUT2D eigenvalue weighted by Crippen LogP contribution is 2.15. The number of ether oxygens (including phenoxy) is 1. The molecular formula is C16H22N2O3. The molecule has 1 aliphatic rings. The number of carbonyl (C=O) groups excluding carboxylic acids is 2. The summed E-state index contributed by atoms with van der Waals surface area (Å²) in [6.07, 6.45) is 2.10. The molecule has 1 heterocycles. The lowest BCUT2D eigenvalue weighted by Gasteiger charge is -2.18. The Morgan fingerprint density at radius 3 is 2.52 bits per heavy atom. The first kappa shape index (κ1) is 15.5. The minimum Gasteiger partial charge on any atom is -0.497 e. The smallest absolute Gasteiger partial charge is 0.246 e. The van der Waals surface area contributed by atoms with Crippen LogP contribution in [0.15, 0.2) is 24.3 Å². The van der Waals surface area contributed by atoms with Gasteiger partial charge >= 0.3 is 0 Å². The van der Waals surface area contributed by atoms with Crippen molar-refractivity contribution in [2.45, 2.75) is 38.3 Å². The SMILES string of the molecule is COc1ccc(CCC(C)NC2CC(=O)N(C)C2=O)cc1. The molecule has 21 heavy (non-hydrogen) atoms. The number of carbonyl (C=O) groups is 2. The summed E-state index contributed by atoms with van der Waals surface area (Å²) in [6.45, 7) is 2.04. The summed E-state index contributed by atoms with van der Waals surface area (Å²) < 4.78 is 5.13. The van der Waals surface area contributed by atoms with Gasteiger partial charge in [0.05, 0.1) is 19.6 Å². The number of nitrogens with zero attached hydrogens (tertiary/aromatic N) is 1. The van der Waals surface area contributed by atoms with Gasteiger partial charge < -0.3 is 10.1 Å². The molecule has 2 unspecified atom stereocenters. The number of hydrogen-bond donors (Lipinski definition) is 1. The number of likely N-dealkylation sites (tertiary alicyclic amines) is 1. The van der Waals surface area contributed by atoms with Crippen molar-refractivity contribution in [2.24, 2.45) is 0 Å². The molecule has 0 radical (unpaired) electrons. The van der Waals surface area contributed by atoms with Crippen molar-refractivity contribution in [3.63, 3.8) is 0 Å². The number of amides is 2. The van der Waals surface area contributed by atoms with E-state index in [4.69, 9.17) is 4.74 Å². The molecule has 2 rings (SSSR count). The quantitative estimate of drug-likeness (QED) is 0.804. The minimum atomic E-state index is -0.367. The minimum absolute atomic E-state index is 0.111. The van der Waals surface area contributed by atoms with Crippen LogP contribution in [-0.2, 0) is 16.0 Å². The summed E-state index contributed by atoms with van der Waals surface area (Å²) in [6, 6.07) is 7.80. The van der Waals surface area contributed by atoms with Crippen molar-refractivity contribution in [3.8, 4) is 5.75 Å². The molecule has 5 heteroatoms. The van der Waals surface area contributed by atoms with Crippen LogP contribution >= 0.6 is 0 Å². The third-order valence-electron chi connectivity index (χ3n) is 3.89. The first-order chi connectivity index (χ1) is 10.0. The Kier molecular flexibility index (Phi) is 4.96. The number of benzene rings is 1. The van der Waals surface area contributed by atoms with Crippen molar-refractivity contribution < 1.29 is 14.3 Å². The van der Waals surface area contributed by atoms with E-state index >= 15 is 0 Å². The summed E-state index contributed by atoms with van der Waals surface area (Å²) in [4.78, 5) is 24.5. The van der Waals surface area contributed by atoms with Crippen LogP contribution in [0.25, 0.3) is 0 Å². The molecule has 1 saturated heterocycles. The van der Waals surface area contributed by atoms with Gasteiger partial charge in [0, 0.05) is 13.1 Å². The molecule has 1 fully saturated rings. The molecule has 114 valence electrons. The zero-order valence-electron chi connectivity index (χ0n) is 12.8. The van der Waals surface area contributed by atoms with E-state index in [1.165, 1.54) is 17.5 Å². The van der Waals surface area contributed by atoms with Gasteiger partial charge in [-0.2, -0.15) is 0 Å². The Morgan fingerprint density at radius 1 is 1.33 bits per heavy atom. The maximum Gasteiger partial charge on any atom is 0.246 e. The van der Waals surface area contributed by atoms with Gasteiger partial charge in [0.25, 0.3) is 0 Å². The molecule has 0 bridgehead atoms. The standard InChI is InChI=1S/C16H22N2O3/c1-11(17-14-10-15(19)18(2)16(14)20)4-5-12-6-8-13(21-3)9-7-12/h6-9,11,14,17H,4-5,10H2,1-3H3. The third kappa shape index (κ3) is 3.82. The molecule has 0 saturated carbocycles. The number of methoxy groups -OCH3 is 1. The molecule has 1 aromatic rings. The summed E-state index contributed by atoms with van der Waals surface area (Å²) in [5.41, 5.74) is 1.23. The highest BCUT2D eigenvalue weighted by atomic mass is 16.5. The van der Waals surface area contributed by atoms with Gasteiger partial charge in [-0.15, -0.1) is 0 Å². The van der Waals surface area contributed by atoms with Crippen LogP contribution in [0.5, 0.6) is 5.75 Å². The van der Waals surface area contributed by atoms with E-state index in [0.717, 1.165) is 18.6 Å². The molecule has 2 atom stereocenters. The molecule has 0 aliphatic carbocycles. The summed E-state index contributed by atoms with van der Waals surface area (Å²) in [5.74, 6) is 0.610. The van der Waals surface area contributed by atoms with E-state index in [0.29, 0.717) is 0 Å². The van der Waals surface area contributed by atoms with Crippen molar-refractivity contribution >= 4 is 11.8 Å². The van der Waals surface area contributed by atoms with Crippen LogP contribution in [0.4, 0.5) is 0 Å². The van der Waals surface area contributed by atoms with Gasteiger partial charge in [0.2, 0.25) is 11.8 Å². The van der Waals surface area contributed by atoms with Crippen LogP contribution < -0.4 is 10.1 Å². The second kappa shape index (κ2) is 6.72. The van der Waals surface area contributed by atoms with E-state index in [2.05, 4.69) is 5.32 Å². The fourth-order valence-electron chi connectivity index (χ4n) is 2.49. The second-order valence-corrected chi connectivity index (χ2v) is 5.50. The maximum atomic E-state index is 11.8. The van der Waals surface area contributed by atoms with Crippen LogP contribution in [0.3, 0.4) is 0 Å². The largest absolute Gasteiger partial charge is 0.497 e. The molecule has 0 spiro atoms. The fraction of sp³-hybridized carbons (Fsp3) is 0.500. The monoisotopic (exact) mass is 290 g/mol. The first-order valence-corrected chi connectivity index (χ1v) is 7.20. The Hall–Kier alpha value is -1.88. The number of nitrogens with one attached hydrogen (secondary N) is 1. The highest BCUT2D eigenvalue weighted by Gasteiger charge is 2.36. The van der Waals surface area contributed by atoms with Gasteiger partial charge in [-0.1, -0.05) is 12.1 Å². The van der Waals surface area contributed by atoms with E-state index in [9.17, 15) is 9.59 Å². The molecule has 1 aliphatic heterocycles. The van der Waals surface area contributed by atoms with E-state index in [1.807, 2.05) is 31.2 Å². The van der Waals surface area contributed by atoms with Gasteiger partial charge in [0.1, 0.15) is 5.75 Å². The number of likely N-dealkylation sites (N-methyl/N-ethyl adjacent to an activating group) is 1. The fourth-order valence-corrected chi connectivity index (χ4v) is 2.49. The zero-order valence-corrected chi connectivity index (χ0v) is 12.8. The van der Waals surface area contributed by atoms with Crippen LogP contribution in [0, 0.1) is 0 Å². The topological polar surface area (TPSA) is 58.6 Å². The lowest BCUT2D eigenvalue weighted by atomic mass is 10.1. The lowest BCUT2D eigenvalue weighted by Crippen LogP contribution is -2.42. The summed E-state index contributed by atoms with van der Waals surface area (Å²) >= 11 is 0. The lowest BCUT2D eigenvalue weighted by molar-refractivity contribution is -0.137. The molecule has 1 aromatic carbocycles. The van der Waals surface area contributed by atoms with Crippen LogP contribution in [0.1, 0.15) is 25.3 Å². The van der Waals surface area contributed by atoms with Crippen LogP contribution in [0.2, 0.25) is 0 Å². The predicted molar refractivity (Wildman–Crippen MR) is 80.1 cm³/mol. The number of imide groups is 1. The average Bonchev–Trinajstić information content (AvgIpc) is 2.73. The number of rotatable bonds is 6. The van der Waals surface area contributed by atoms with Crippen molar-refractivity contribution in [1.82, 2.24) is 10.2 Å². The normalized spacial score (nSPS) is 20.0. The Balaban J connectivity index is 1.80. The maximum absolute atomic E-state index is 11.8. The zero-order chi connectivity index (χ0) is 15.4. The third-order valence-corrected chi connectivity index (χ3v) is 3.89. The number of aryl methyl sites for hydroxylation is 1. The Morgan fingerprint density at radius 2 is 2.00 bits per heavy atom. The molecule has 2 amide bonds. The summed E-state index contributed by atoms with van der Waals surface area (Å²) in [7, 11) is 3.19. The van der Waals surface area contributed by atoms with Crippen molar-refractivity contribution in [3.05, 3.63) is 29.8 Å². The van der Waals surface area contributed by atoms with Crippen LogP contribution in [-0.4, -0.2) is 43.0 Å². The van der Waals surface area contributed by atoms with E-state index in [-0.39, 0.29) is 30.3 Å². The molecule has 0 aromatic heterocycles. The summed E-state index contributed by atoms with van der Waals surface area (Å²) in [5, 5.41) is 3.25. The molecular weight excluding hydrogens is 268 g/mol. The molecule has 5 nitrogen and oxygen atoms in total. The van der Waals surface area contributed by atoms with Gasteiger partial charge in [-0.05, 0) is 37.5 Å². The second-order valence-electron chi connectivity index (χ2n) is 5.50. The Bertz CT molecular complexity index is 513. The van der Waals surface area contributed by atoms with E-state index in [1.54, 1.807) is 7.11 Å². The van der Waals surface area contributed by atoms with Gasteiger partial charge in [-0.3, -0.25) is 14.5 Å². The Labute approximate surface area is 125 Å². The first-order valence-electron chi connectivity index (χ1n) is 7.20. The van der Waals surface area contributed by atoms with Crippen molar-refractivity contribution in [2.75, 3.05) is 14.2 Å². The van der Waals surface area contributed by atoms with Crippen molar-refractivity contribution in [1.29, 1.82) is 0 Å². The van der Waals surface area contributed by atoms with E-state index < -0.39 is 0 Å². The average molecular weight is 290 g/mol. The highest BCUT2D eigenvalue weighted by molar-refractivity contribution is 6.05. The van der Waals surface area contributed by atoms with Gasteiger partial charge in [0.15, 0.2) is 0 Å².